The number of rotatable bonds is 6. The lowest BCUT2D eigenvalue weighted by atomic mass is 10.2. The first-order chi connectivity index (χ1) is 18.3. The van der Waals surface area contributed by atoms with E-state index < -0.39 is 21.9 Å². The zero-order chi connectivity index (χ0) is 26.9. The highest BCUT2D eigenvalue weighted by atomic mass is 32.2. The van der Waals surface area contributed by atoms with Crippen LogP contribution in [-0.2, 0) is 26.1 Å². The summed E-state index contributed by atoms with van der Waals surface area (Å²) < 4.78 is 45.7. The van der Waals surface area contributed by atoms with Crippen molar-refractivity contribution >= 4 is 49.1 Å². The maximum Gasteiger partial charge on any atom is 0.325 e. The number of methoxy groups -OCH3 is 1. The number of fused-ring (bicyclic) bond motifs is 2. The van der Waals surface area contributed by atoms with Crippen molar-refractivity contribution in [2.75, 3.05) is 31.7 Å². The highest BCUT2D eigenvalue weighted by molar-refractivity contribution is 7.92. The van der Waals surface area contributed by atoms with Crippen molar-refractivity contribution in [2.45, 2.75) is 11.4 Å². The van der Waals surface area contributed by atoms with Crippen LogP contribution in [0.1, 0.15) is 10.4 Å². The van der Waals surface area contributed by atoms with E-state index in [9.17, 15) is 18.0 Å². The molecule has 0 saturated carbocycles. The van der Waals surface area contributed by atoms with Gasteiger partial charge in [0.1, 0.15) is 19.8 Å². The van der Waals surface area contributed by atoms with Crippen molar-refractivity contribution in [2.24, 2.45) is 4.99 Å². The van der Waals surface area contributed by atoms with Gasteiger partial charge in [-0.1, -0.05) is 29.5 Å². The predicted molar refractivity (Wildman–Crippen MR) is 141 cm³/mol. The van der Waals surface area contributed by atoms with Gasteiger partial charge in [-0.25, -0.2) is 8.42 Å². The van der Waals surface area contributed by atoms with E-state index in [4.69, 9.17) is 14.2 Å². The molecule has 10 nitrogen and oxygen atoms in total. The molecule has 0 spiro atoms. The first-order valence-electron chi connectivity index (χ1n) is 11.5. The summed E-state index contributed by atoms with van der Waals surface area (Å²) in [7, 11) is -1.08. The number of hydrogen-bond acceptors (Lipinski definition) is 8. The molecular formula is C26H23N3O7S2. The Morgan fingerprint density at radius 3 is 2.34 bits per heavy atom. The highest BCUT2D eigenvalue weighted by Gasteiger charge is 2.22. The van der Waals surface area contributed by atoms with Gasteiger partial charge in [0.25, 0.3) is 15.9 Å². The summed E-state index contributed by atoms with van der Waals surface area (Å²) in [6, 6.07) is 17.8. The Balaban J connectivity index is 1.49. The number of para-hydroxylation sites is 1. The number of carbonyl (C=O) groups is 2. The fourth-order valence-corrected chi connectivity index (χ4v) is 6.13. The Labute approximate surface area is 222 Å². The van der Waals surface area contributed by atoms with E-state index in [1.54, 1.807) is 47.0 Å². The standard InChI is InChI=1S/C26H23N3O7S2/c1-28(18-6-4-3-5-7-18)38(32,33)19-10-8-17(9-11-19)25(31)27-26-29(16-24(30)34-2)20-14-21-22(15-23(20)37-26)36-13-12-35-21/h3-11,14-15H,12-13,16H2,1-2H3. The minimum atomic E-state index is -3.83. The molecule has 0 atom stereocenters. The third-order valence-electron chi connectivity index (χ3n) is 5.94. The van der Waals surface area contributed by atoms with E-state index in [1.807, 2.05) is 0 Å². The smallest absolute Gasteiger partial charge is 0.325 e. The van der Waals surface area contributed by atoms with Gasteiger partial charge in [0.15, 0.2) is 16.3 Å². The molecule has 2 heterocycles. The van der Waals surface area contributed by atoms with Crippen LogP contribution >= 0.6 is 11.3 Å². The molecule has 1 aliphatic rings. The van der Waals surface area contributed by atoms with Crippen molar-refractivity contribution in [3.63, 3.8) is 0 Å². The minimum absolute atomic E-state index is 0.0357. The summed E-state index contributed by atoms with van der Waals surface area (Å²) in [5, 5.41) is 0. The Hall–Kier alpha value is -4.16. The number of aromatic nitrogens is 1. The molecule has 1 aliphatic heterocycles. The third kappa shape index (κ3) is 4.87. The van der Waals surface area contributed by atoms with Crippen LogP contribution in [0.3, 0.4) is 0 Å². The van der Waals surface area contributed by atoms with Gasteiger partial charge in [-0.05, 0) is 36.4 Å². The average molecular weight is 554 g/mol. The largest absolute Gasteiger partial charge is 0.486 e. The molecule has 0 saturated heterocycles. The zero-order valence-electron chi connectivity index (χ0n) is 20.5. The molecule has 0 unspecified atom stereocenters. The average Bonchev–Trinajstić information content (AvgIpc) is 3.26. The minimum Gasteiger partial charge on any atom is -0.486 e. The number of nitrogens with zero attached hydrogens (tertiary/aromatic N) is 3. The Kier molecular flexibility index (Phi) is 6.91. The quantitative estimate of drug-likeness (QED) is 0.337. The number of thiazole rings is 1. The molecule has 5 rings (SSSR count). The summed E-state index contributed by atoms with van der Waals surface area (Å²) in [6.07, 6.45) is 0. The van der Waals surface area contributed by atoms with Gasteiger partial charge in [-0.2, -0.15) is 4.99 Å². The van der Waals surface area contributed by atoms with Gasteiger partial charge in [-0.3, -0.25) is 13.9 Å². The van der Waals surface area contributed by atoms with Gasteiger partial charge in [0.2, 0.25) is 0 Å². The molecule has 4 aromatic rings. The van der Waals surface area contributed by atoms with E-state index >= 15 is 0 Å². The van der Waals surface area contributed by atoms with Crippen molar-refractivity contribution < 1.29 is 32.2 Å². The highest BCUT2D eigenvalue weighted by Crippen LogP contribution is 2.35. The van der Waals surface area contributed by atoms with Crippen molar-refractivity contribution in [3.8, 4) is 11.5 Å². The number of carbonyl (C=O) groups excluding carboxylic acids is 2. The number of ether oxygens (including phenoxy) is 3. The first kappa shape index (κ1) is 25.5. The zero-order valence-corrected chi connectivity index (χ0v) is 22.1. The molecule has 12 heteroatoms. The lowest BCUT2D eigenvalue weighted by molar-refractivity contribution is -0.141. The topological polar surface area (TPSA) is 117 Å². The van der Waals surface area contributed by atoms with Crippen LogP contribution < -0.4 is 18.6 Å². The monoisotopic (exact) mass is 553 g/mol. The summed E-state index contributed by atoms with van der Waals surface area (Å²) in [5.74, 6) is 0.0130. The molecular weight excluding hydrogens is 530 g/mol. The number of amides is 1. The molecule has 1 aromatic heterocycles. The van der Waals surface area contributed by atoms with Gasteiger partial charge < -0.3 is 18.8 Å². The summed E-state index contributed by atoms with van der Waals surface area (Å²) in [4.78, 5) is 29.8. The van der Waals surface area contributed by atoms with E-state index in [0.29, 0.717) is 35.9 Å². The molecule has 0 bridgehead atoms. The Bertz CT molecular complexity index is 1690. The summed E-state index contributed by atoms with van der Waals surface area (Å²) >= 11 is 1.21. The Morgan fingerprint density at radius 1 is 1.03 bits per heavy atom. The first-order valence-corrected chi connectivity index (χ1v) is 13.8. The maximum atomic E-state index is 13.1. The fraction of sp³-hybridized carbons (Fsp3) is 0.192. The fourth-order valence-electron chi connectivity index (χ4n) is 3.89. The molecule has 0 aliphatic carbocycles. The maximum absolute atomic E-state index is 13.1. The SMILES string of the molecule is COC(=O)Cn1c(=NC(=O)c2ccc(S(=O)(=O)N(C)c3ccccc3)cc2)sc2cc3c(cc21)OCCO3. The van der Waals surface area contributed by atoms with Crippen molar-refractivity contribution in [1.29, 1.82) is 0 Å². The van der Waals surface area contributed by atoms with Crippen LogP contribution in [0.15, 0.2) is 76.6 Å². The van der Waals surface area contributed by atoms with Crippen LogP contribution in [0.25, 0.3) is 10.2 Å². The molecule has 38 heavy (non-hydrogen) atoms. The molecule has 1 amide bonds. The van der Waals surface area contributed by atoms with Gasteiger partial charge in [-0.15, -0.1) is 0 Å². The van der Waals surface area contributed by atoms with Crippen molar-refractivity contribution in [3.05, 3.63) is 77.1 Å². The lowest BCUT2D eigenvalue weighted by Crippen LogP contribution is -2.26. The lowest BCUT2D eigenvalue weighted by Gasteiger charge is -2.19. The third-order valence-corrected chi connectivity index (χ3v) is 8.78. The number of anilines is 1. The summed E-state index contributed by atoms with van der Waals surface area (Å²) in [5.41, 5.74) is 1.35. The normalized spacial score (nSPS) is 13.4. The molecule has 3 aromatic carbocycles. The van der Waals surface area contributed by atoms with E-state index in [2.05, 4.69) is 4.99 Å². The number of sulfonamides is 1. The predicted octanol–water partition coefficient (Wildman–Crippen LogP) is 3.21. The van der Waals surface area contributed by atoms with Crippen LogP contribution in [0, 0.1) is 0 Å². The van der Waals surface area contributed by atoms with Crippen LogP contribution in [0.2, 0.25) is 0 Å². The number of esters is 1. The number of hydrogen-bond donors (Lipinski definition) is 0. The van der Waals surface area contributed by atoms with Crippen LogP contribution in [0.5, 0.6) is 11.5 Å². The van der Waals surface area contributed by atoms with Crippen LogP contribution in [0.4, 0.5) is 5.69 Å². The van der Waals surface area contributed by atoms with E-state index in [-0.39, 0.29) is 21.8 Å². The molecule has 196 valence electrons. The second-order valence-electron chi connectivity index (χ2n) is 8.26. The Morgan fingerprint density at radius 2 is 1.68 bits per heavy atom. The van der Waals surface area contributed by atoms with Crippen molar-refractivity contribution in [1.82, 2.24) is 4.57 Å². The van der Waals surface area contributed by atoms with Gasteiger partial charge in [0, 0.05) is 24.7 Å². The second-order valence-corrected chi connectivity index (χ2v) is 11.2. The number of benzene rings is 3. The molecule has 0 fully saturated rings. The summed E-state index contributed by atoms with van der Waals surface area (Å²) in [6.45, 7) is 0.669. The second kappa shape index (κ2) is 10.3. The molecule has 0 radical (unpaired) electrons. The van der Waals surface area contributed by atoms with E-state index in [0.717, 1.165) is 4.70 Å². The molecule has 0 N–H and O–H groups in total. The van der Waals surface area contributed by atoms with Crippen LogP contribution in [-0.4, -0.2) is 52.2 Å². The van der Waals surface area contributed by atoms with E-state index in [1.165, 1.54) is 54.1 Å². The van der Waals surface area contributed by atoms with Gasteiger partial charge in [0.05, 0.1) is 27.9 Å². The van der Waals surface area contributed by atoms with Gasteiger partial charge >= 0.3 is 5.97 Å².